The van der Waals surface area contributed by atoms with Crippen LogP contribution >= 0.6 is 11.6 Å². The quantitative estimate of drug-likeness (QED) is 0.641. The highest BCUT2D eigenvalue weighted by Crippen LogP contribution is 2.40. The van der Waals surface area contributed by atoms with Crippen LogP contribution in [-0.2, 0) is 0 Å². The number of halogens is 1. The summed E-state index contributed by atoms with van der Waals surface area (Å²) in [6.07, 6.45) is 3.64. The number of benzene rings is 1. The van der Waals surface area contributed by atoms with E-state index in [1.54, 1.807) is 27.7 Å². The second-order valence-corrected chi connectivity index (χ2v) is 5.54. The van der Waals surface area contributed by atoms with E-state index >= 15 is 0 Å². The van der Waals surface area contributed by atoms with E-state index in [4.69, 9.17) is 21.4 Å². The predicted octanol–water partition coefficient (Wildman–Crippen LogP) is 2.65. The van der Waals surface area contributed by atoms with Gasteiger partial charge in [0.1, 0.15) is 12.0 Å². The minimum absolute atomic E-state index is 0.0420. The van der Waals surface area contributed by atoms with Crippen LogP contribution in [0.1, 0.15) is 22.1 Å². The van der Waals surface area contributed by atoms with Gasteiger partial charge in [-0.3, -0.25) is 9.36 Å². The normalized spacial score (nSPS) is 18.2. The highest BCUT2D eigenvalue weighted by Gasteiger charge is 2.38. The maximum absolute atomic E-state index is 12.8. The van der Waals surface area contributed by atoms with Crippen molar-refractivity contribution in [2.75, 3.05) is 6.54 Å². The Morgan fingerprint density at radius 3 is 3.04 bits per heavy atom. The molecule has 3 heterocycles. The van der Waals surface area contributed by atoms with Gasteiger partial charge >= 0.3 is 6.16 Å². The Balaban J connectivity index is 2.02. The first kappa shape index (κ1) is 13.8. The Morgan fingerprint density at radius 2 is 2.26 bits per heavy atom. The molecule has 116 valence electrons. The standard InChI is InChI=1S/C15H10ClN3O4/c16-8-3-1-4-9-11(8)14(20)18-6-2-5-10(18)12-13(23-15(21)22)17-7-19(9)12/h1-5,7,10H,6H2,(H,21,22)/t10-/m1/s1. The summed E-state index contributed by atoms with van der Waals surface area (Å²) in [5, 5.41) is 9.23. The zero-order chi connectivity index (χ0) is 16.1. The molecule has 0 fully saturated rings. The molecule has 8 heteroatoms. The number of amides is 1. The number of aromatic nitrogens is 2. The zero-order valence-electron chi connectivity index (χ0n) is 11.6. The molecular formula is C15H10ClN3O4. The number of fused-ring (bicyclic) bond motifs is 5. The second-order valence-electron chi connectivity index (χ2n) is 5.14. The van der Waals surface area contributed by atoms with Crippen LogP contribution in [-0.4, -0.2) is 38.2 Å². The molecule has 1 amide bonds. The minimum Gasteiger partial charge on any atom is -0.449 e. The molecule has 0 radical (unpaired) electrons. The lowest BCUT2D eigenvalue weighted by atomic mass is 10.1. The number of rotatable bonds is 1. The summed E-state index contributed by atoms with van der Waals surface area (Å²) in [6.45, 7) is 0.409. The Bertz CT molecular complexity index is 874. The van der Waals surface area contributed by atoms with E-state index < -0.39 is 12.2 Å². The molecule has 0 saturated heterocycles. The van der Waals surface area contributed by atoms with Crippen molar-refractivity contribution in [2.24, 2.45) is 0 Å². The van der Waals surface area contributed by atoms with Crippen LogP contribution in [0.25, 0.3) is 5.69 Å². The topological polar surface area (TPSA) is 84.7 Å². The van der Waals surface area contributed by atoms with Gasteiger partial charge in [-0.05, 0) is 12.1 Å². The molecule has 1 aromatic carbocycles. The van der Waals surface area contributed by atoms with Gasteiger partial charge in [0.25, 0.3) is 5.91 Å². The number of ether oxygens (including phenoxy) is 1. The lowest BCUT2D eigenvalue weighted by molar-refractivity contribution is 0.0751. The van der Waals surface area contributed by atoms with Crippen LogP contribution in [0.5, 0.6) is 5.88 Å². The van der Waals surface area contributed by atoms with Gasteiger partial charge < -0.3 is 14.7 Å². The molecule has 0 spiro atoms. The average molecular weight is 332 g/mol. The van der Waals surface area contributed by atoms with Crippen LogP contribution in [0.15, 0.2) is 36.7 Å². The fourth-order valence-corrected chi connectivity index (χ4v) is 3.25. The van der Waals surface area contributed by atoms with Gasteiger partial charge in [0, 0.05) is 6.54 Å². The number of carboxylic acid groups (broad SMARTS) is 1. The molecule has 2 aliphatic rings. The van der Waals surface area contributed by atoms with Crippen LogP contribution in [0.3, 0.4) is 0 Å². The van der Waals surface area contributed by atoms with E-state index in [1.165, 1.54) is 6.33 Å². The highest BCUT2D eigenvalue weighted by molar-refractivity contribution is 6.34. The lowest BCUT2D eigenvalue weighted by Crippen LogP contribution is -2.30. The third-order valence-corrected chi connectivity index (χ3v) is 4.23. The second kappa shape index (κ2) is 4.85. The van der Waals surface area contributed by atoms with E-state index in [9.17, 15) is 9.59 Å². The van der Waals surface area contributed by atoms with E-state index in [2.05, 4.69) is 4.98 Å². The van der Waals surface area contributed by atoms with Crippen molar-refractivity contribution in [1.82, 2.24) is 14.5 Å². The summed E-state index contributed by atoms with van der Waals surface area (Å²) < 4.78 is 6.43. The van der Waals surface area contributed by atoms with Crippen molar-refractivity contribution in [1.29, 1.82) is 0 Å². The first-order valence-electron chi connectivity index (χ1n) is 6.82. The molecule has 7 nitrogen and oxygen atoms in total. The first-order valence-corrected chi connectivity index (χ1v) is 7.20. The molecule has 1 atom stereocenters. The molecule has 2 aliphatic heterocycles. The summed E-state index contributed by atoms with van der Waals surface area (Å²) in [5.74, 6) is -0.259. The fourth-order valence-electron chi connectivity index (χ4n) is 3.00. The van der Waals surface area contributed by atoms with Crippen LogP contribution < -0.4 is 4.74 Å². The van der Waals surface area contributed by atoms with Gasteiger partial charge in [0.2, 0.25) is 5.88 Å². The number of nitrogens with zero attached hydrogens (tertiary/aromatic N) is 3. The Labute approximate surface area is 135 Å². The number of carbonyl (C=O) groups is 2. The molecule has 0 unspecified atom stereocenters. The maximum Gasteiger partial charge on any atom is 0.512 e. The van der Waals surface area contributed by atoms with Crippen molar-refractivity contribution in [3.63, 3.8) is 0 Å². The Hall–Kier alpha value is -2.80. The third kappa shape index (κ3) is 1.93. The molecule has 2 aromatic rings. The van der Waals surface area contributed by atoms with E-state index in [-0.39, 0.29) is 11.8 Å². The zero-order valence-corrected chi connectivity index (χ0v) is 12.4. The number of carbonyl (C=O) groups excluding carboxylic acids is 1. The van der Waals surface area contributed by atoms with E-state index in [0.717, 1.165) is 0 Å². The molecule has 0 saturated carbocycles. The van der Waals surface area contributed by atoms with Gasteiger partial charge in [0.05, 0.1) is 22.3 Å². The molecular weight excluding hydrogens is 322 g/mol. The maximum atomic E-state index is 12.8. The molecule has 1 N–H and O–H groups in total. The number of hydrogen-bond acceptors (Lipinski definition) is 4. The summed E-state index contributed by atoms with van der Waals surface area (Å²) >= 11 is 6.23. The Morgan fingerprint density at radius 1 is 1.43 bits per heavy atom. The average Bonchev–Trinajstić information content (AvgIpc) is 3.10. The molecule has 1 aromatic heterocycles. The van der Waals surface area contributed by atoms with Gasteiger partial charge in [-0.15, -0.1) is 0 Å². The minimum atomic E-state index is -1.46. The molecule has 0 bridgehead atoms. The summed E-state index contributed by atoms with van der Waals surface area (Å²) in [6, 6.07) is 4.65. The van der Waals surface area contributed by atoms with Crippen molar-refractivity contribution in [2.45, 2.75) is 6.04 Å². The Kier molecular flexibility index (Phi) is 2.92. The summed E-state index contributed by atoms with van der Waals surface area (Å²) in [4.78, 5) is 29.4. The van der Waals surface area contributed by atoms with Crippen molar-refractivity contribution in [3.05, 3.63) is 53.0 Å². The number of imidazole rings is 1. The van der Waals surface area contributed by atoms with Crippen LogP contribution in [0.2, 0.25) is 5.02 Å². The summed E-state index contributed by atoms with van der Waals surface area (Å²) in [5.41, 5.74) is 1.39. The SMILES string of the molecule is O=C(O)Oc1ncn2c1[C@H]1C=CCN1C(=O)c1c(Cl)cccc1-2. The van der Waals surface area contributed by atoms with Crippen LogP contribution in [0, 0.1) is 0 Å². The largest absolute Gasteiger partial charge is 0.512 e. The van der Waals surface area contributed by atoms with E-state index in [1.807, 2.05) is 12.2 Å². The highest BCUT2D eigenvalue weighted by atomic mass is 35.5. The van der Waals surface area contributed by atoms with Crippen molar-refractivity contribution < 1.29 is 19.4 Å². The molecule has 0 aliphatic carbocycles. The van der Waals surface area contributed by atoms with Crippen molar-refractivity contribution >= 4 is 23.7 Å². The van der Waals surface area contributed by atoms with Crippen LogP contribution in [0.4, 0.5) is 4.79 Å². The summed E-state index contributed by atoms with van der Waals surface area (Å²) in [7, 11) is 0. The fraction of sp³-hybridized carbons (Fsp3) is 0.133. The number of hydrogen-bond donors (Lipinski definition) is 1. The van der Waals surface area contributed by atoms with Gasteiger partial charge in [0.15, 0.2) is 0 Å². The molecule has 23 heavy (non-hydrogen) atoms. The molecule has 4 rings (SSSR count). The van der Waals surface area contributed by atoms with Gasteiger partial charge in [-0.2, -0.15) is 0 Å². The monoisotopic (exact) mass is 331 g/mol. The van der Waals surface area contributed by atoms with Crippen molar-refractivity contribution in [3.8, 4) is 11.6 Å². The predicted molar refractivity (Wildman–Crippen MR) is 80.1 cm³/mol. The smallest absolute Gasteiger partial charge is 0.449 e. The van der Waals surface area contributed by atoms with E-state index in [0.29, 0.717) is 28.5 Å². The third-order valence-electron chi connectivity index (χ3n) is 3.92. The van der Waals surface area contributed by atoms with Gasteiger partial charge in [-0.1, -0.05) is 29.8 Å². The lowest BCUT2D eigenvalue weighted by Gasteiger charge is -2.22. The van der Waals surface area contributed by atoms with Gasteiger partial charge in [-0.25, -0.2) is 9.78 Å². The first-order chi connectivity index (χ1) is 11.1.